The highest BCUT2D eigenvalue weighted by molar-refractivity contribution is 8.13. The van der Waals surface area contributed by atoms with Gasteiger partial charge in [-0.1, -0.05) is 0 Å². The van der Waals surface area contributed by atoms with Crippen LogP contribution in [0.4, 0.5) is 5.69 Å². The number of non-ortho nitro benzene ring substituents is 1. The largest absolute Gasteiger partial charge is 0.345 e. The quantitative estimate of drug-likeness (QED) is 0.474. The molecular weight excluding hydrogens is 284 g/mol. The summed E-state index contributed by atoms with van der Waals surface area (Å²) >= 11 is 0. The van der Waals surface area contributed by atoms with Crippen molar-refractivity contribution < 1.29 is 18.1 Å². The Hall–Kier alpha value is -1.67. The van der Waals surface area contributed by atoms with Crippen molar-refractivity contribution in [3.05, 3.63) is 33.9 Å². The van der Waals surface area contributed by atoms with E-state index in [1.54, 1.807) is 0 Å². The van der Waals surface area contributed by atoms with E-state index in [1.165, 1.54) is 19.0 Å². The minimum Gasteiger partial charge on any atom is -0.345 e. The molecule has 0 heterocycles. The van der Waals surface area contributed by atoms with Gasteiger partial charge in [0.1, 0.15) is 0 Å². The lowest BCUT2D eigenvalue weighted by Crippen LogP contribution is -2.22. The highest BCUT2D eigenvalue weighted by Crippen LogP contribution is 2.24. The van der Waals surface area contributed by atoms with Gasteiger partial charge in [0.15, 0.2) is 0 Å². The summed E-state index contributed by atoms with van der Waals surface area (Å²) in [7, 11) is 3.85. The Kier molecular flexibility index (Phi) is 3.92. The molecule has 1 amide bonds. The van der Waals surface area contributed by atoms with Crippen LogP contribution in [0.25, 0.3) is 0 Å². The number of hydrogen-bond acceptors (Lipinski definition) is 5. The normalized spacial score (nSPS) is 11.1. The SMILES string of the molecule is CN(C)C(=O)c1cc([N+](=O)[O-])cc(S(=O)(=O)Cl)c1. The van der Waals surface area contributed by atoms with Crippen molar-refractivity contribution in [2.75, 3.05) is 14.1 Å². The van der Waals surface area contributed by atoms with Gasteiger partial charge in [0.25, 0.3) is 20.6 Å². The average molecular weight is 293 g/mol. The van der Waals surface area contributed by atoms with Crippen molar-refractivity contribution in [3.8, 4) is 0 Å². The number of nitrogens with zero attached hydrogens (tertiary/aromatic N) is 2. The molecule has 1 rings (SSSR count). The summed E-state index contributed by atoms with van der Waals surface area (Å²) in [5, 5.41) is 10.7. The summed E-state index contributed by atoms with van der Waals surface area (Å²) in [5.74, 6) is -0.555. The molecule has 0 bridgehead atoms. The molecule has 0 fully saturated rings. The molecule has 0 aliphatic carbocycles. The smallest absolute Gasteiger partial charge is 0.271 e. The molecule has 0 unspecified atom stereocenters. The Balaban J connectivity index is 3.50. The van der Waals surface area contributed by atoms with Crippen LogP contribution >= 0.6 is 10.7 Å². The fourth-order valence-electron chi connectivity index (χ4n) is 1.21. The number of carbonyl (C=O) groups is 1. The topological polar surface area (TPSA) is 97.6 Å². The number of rotatable bonds is 3. The van der Waals surface area contributed by atoms with E-state index in [0.717, 1.165) is 18.2 Å². The Morgan fingerprint density at radius 3 is 2.28 bits per heavy atom. The molecule has 0 saturated heterocycles. The fourth-order valence-corrected chi connectivity index (χ4v) is 2.01. The lowest BCUT2D eigenvalue weighted by Gasteiger charge is -2.10. The first-order valence-corrected chi connectivity index (χ1v) is 6.89. The zero-order valence-electron chi connectivity index (χ0n) is 9.45. The first-order valence-electron chi connectivity index (χ1n) is 4.58. The highest BCUT2D eigenvalue weighted by atomic mass is 35.7. The van der Waals surface area contributed by atoms with Gasteiger partial charge in [-0.05, 0) is 6.07 Å². The monoisotopic (exact) mass is 292 g/mol. The fraction of sp³-hybridized carbons (Fsp3) is 0.222. The van der Waals surface area contributed by atoms with Gasteiger partial charge in [-0.25, -0.2) is 8.42 Å². The van der Waals surface area contributed by atoms with Crippen LogP contribution in [0.3, 0.4) is 0 Å². The van der Waals surface area contributed by atoms with Crippen LogP contribution in [0.2, 0.25) is 0 Å². The van der Waals surface area contributed by atoms with Crippen LogP contribution in [0, 0.1) is 10.1 Å². The lowest BCUT2D eigenvalue weighted by atomic mass is 10.2. The molecule has 9 heteroatoms. The Bertz CT molecular complexity index is 611. The van der Waals surface area contributed by atoms with Crippen molar-refractivity contribution in [2.24, 2.45) is 0 Å². The average Bonchev–Trinajstić information content (AvgIpc) is 2.26. The van der Waals surface area contributed by atoms with Crippen LogP contribution in [0.1, 0.15) is 10.4 Å². The Morgan fingerprint density at radius 1 is 1.33 bits per heavy atom. The first-order chi connectivity index (χ1) is 8.12. The van der Waals surface area contributed by atoms with E-state index in [-0.39, 0.29) is 5.56 Å². The molecule has 0 saturated carbocycles. The van der Waals surface area contributed by atoms with Gasteiger partial charge in [-0.2, -0.15) is 0 Å². The van der Waals surface area contributed by atoms with E-state index in [4.69, 9.17) is 10.7 Å². The molecule has 7 nitrogen and oxygen atoms in total. The standard InChI is InChI=1S/C9H9ClN2O5S/c1-11(2)9(13)6-3-7(12(14)15)5-8(4-6)18(10,16)17/h3-5H,1-2H3. The first kappa shape index (κ1) is 14.4. The van der Waals surface area contributed by atoms with Crippen LogP contribution < -0.4 is 0 Å². The number of amides is 1. The second kappa shape index (κ2) is 4.91. The molecule has 18 heavy (non-hydrogen) atoms. The van der Waals surface area contributed by atoms with E-state index in [2.05, 4.69) is 0 Å². The predicted molar refractivity (Wildman–Crippen MR) is 64.2 cm³/mol. The summed E-state index contributed by atoms with van der Waals surface area (Å²) in [6, 6.07) is 2.79. The van der Waals surface area contributed by atoms with Gasteiger partial charge < -0.3 is 4.90 Å². The van der Waals surface area contributed by atoms with Crippen molar-refractivity contribution in [1.29, 1.82) is 0 Å². The summed E-state index contributed by atoms with van der Waals surface area (Å²) in [4.78, 5) is 22.2. The molecule has 1 aromatic rings. The molecule has 1 aromatic carbocycles. The maximum Gasteiger partial charge on any atom is 0.271 e. The van der Waals surface area contributed by atoms with Gasteiger partial charge in [0.2, 0.25) is 0 Å². The molecule has 0 N–H and O–H groups in total. The second-order valence-electron chi connectivity index (χ2n) is 3.61. The van der Waals surface area contributed by atoms with Gasteiger partial charge in [-0.3, -0.25) is 14.9 Å². The number of carbonyl (C=O) groups excluding carboxylic acids is 1. The van der Waals surface area contributed by atoms with Crippen molar-refractivity contribution >= 4 is 31.3 Å². The minimum absolute atomic E-state index is 0.117. The lowest BCUT2D eigenvalue weighted by molar-refractivity contribution is -0.385. The van der Waals surface area contributed by atoms with Crippen LogP contribution in [-0.4, -0.2) is 38.2 Å². The third-order valence-corrected chi connectivity index (χ3v) is 3.37. The summed E-state index contributed by atoms with van der Waals surface area (Å²) in [6.07, 6.45) is 0. The summed E-state index contributed by atoms with van der Waals surface area (Å²) in [5.41, 5.74) is -0.629. The van der Waals surface area contributed by atoms with Crippen molar-refractivity contribution in [1.82, 2.24) is 4.90 Å². The van der Waals surface area contributed by atoms with Gasteiger partial charge in [0.05, 0.1) is 9.82 Å². The van der Waals surface area contributed by atoms with Crippen LogP contribution in [-0.2, 0) is 9.05 Å². The van der Waals surface area contributed by atoms with Crippen LogP contribution in [0.15, 0.2) is 23.1 Å². The Labute approximate surface area is 108 Å². The highest BCUT2D eigenvalue weighted by Gasteiger charge is 2.20. The third kappa shape index (κ3) is 3.17. The molecule has 0 spiro atoms. The number of nitro groups is 1. The summed E-state index contributed by atoms with van der Waals surface area (Å²) in [6.45, 7) is 0. The van der Waals surface area contributed by atoms with Crippen molar-refractivity contribution in [3.63, 3.8) is 0 Å². The van der Waals surface area contributed by atoms with Crippen molar-refractivity contribution in [2.45, 2.75) is 4.90 Å². The number of benzene rings is 1. The predicted octanol–water partition coefficient (Wildman–Crippen LogP) is 1.22. The summed E-state index contributed by atoms with van der Waals surface area (Å²) < 4.78 is 22.3. The number of halogens is 1. The van der Waals surface area contributed by atoms with E-state index >= 15 is 0 Å². The molecule has 0 aliphatic rings. The van der Waals surface area contributed by atoms with E-state index < -0.39 is 30.5 Å². The Morgan fingerprint density at radius 2 is 1.89 bits per heavy atom. The third-order valence-electron chi connectivity index (χ3n) is 2.04. The van der Waals surface area contributed by atoms with E-state index in [0.29, 0.717) is 0 Å². The molecule has 0 aromatic heterocycles. The van der Waals surface area contributed by atoms with E-state index in [1.807, 2.05) is 0 Å². The number of nitro benzene ring substituents is 1. The molecular formula is C9H9ClN2O5S. The van der Waals surface area contributed by atoms with Gasteiger partial charge in [0, 0.05) is 42.5 Å². The zero-order valence-corrected chi connectivity index (χ0v) is 11.0. The van der Waals surface area contributed by atoms with Crippen LogP contribution in [0.5, 0.6) is 0 Å². The maximum absolute atomic E-state index is 11.7. The van der Waals surface area contributed by atoms with E-state index in [9.17, 15) is 23.3 Å². The second-order valence-corrected chi connectivity index (χ2v) is 6.18. The zero-order chi connectivity index (χ0) is 14.1. The minimum atomic E-state index is -4.14. The molecule has 0 radical (unpaired) electrons. The molecule has 98 valence electrons. The maximum atomic E-state index is 11.7. The van der Waals surface area contributed by atoms with Gasteiger partial charge in [-0.15, -0.1) is 0 Å². The number of hydrogen-bond donors (Lipinski definition) is 0. The molecule has 0 atom stereocenters. The van der Waals surface area contributed by atoms with Gasteiger partial charge >= 0.3 is 0 Å². The molecule has 0 aliphatic heterocycles.